The first-order valence-electron chi connectivity index (χ1n) is 10.8. The zero-order valence-electron chi connectivity index (χ0n) is 17.5. The molecule has 3 aromatic heterocycles. The summed E-state index contributed by atoms with van der Waals surface area (Å²) in [5.74, 6) is 2.28. The Labute approximate surface area is 194 Å². The summed E-state index contributed by atoms with van der Waals surface area (Å²) in [6.45, 7) is 0.563. The minimum absolute atomic E-state index is 0. The van der Waals surface area contributed by atoms with E-state index in [2.05, 4.69) is 20.2 Å². The van der Waals surface area contributed by atoms with Gasteiger partial charge in [0.25, 0.3) is 0 Å². The number of furan rings is 1. The second-order valence-electron chi connectivity index (χ2n) is 8.35. The second kappa shape index (κ2) is 10.5. The first kappa shape index (κ1) is 23.6. The van der Waals surface area contributed by atoms with Crippen LogP contribution in [0.1, 0.15) is 63.2 Å². The Hall–Kier alpha value is -2.03. The zero-order valence-corrected chi connectivity index (χ0v) is 19.1. The predicted octanol–water partition coefficient (Wildman–Crippen LogP) is 4.67. The van der Waals surface area contributed by atoms with Crippen LogP contribution in [0, 0.1) is 0 Å². The van der Waals surface area contributed by atoms with Crippen LogP contribution in [0.15, 0.2) is 29.1 Å². The highest BCUT2D eigenvalue weighted by Crippen LogP contribution is 2.33. The van der Waals surface area contributed by atoms with Gasteiger partial charge in [-0.2, -0.15) is 9.97 Å². The van der Waals surface area contributed by atoms with Crippen LogP contribution in [0.25, 0.3) is 11.2 Å². The number of hydrogen-bond donors (Lipinski definition) is 3. The van der Waals surface area contributed by atoms with Crippen LogP contribution in [0.4, 0.5) is 11.8 Å². The summed E-state index contributed by atoms with van der Waals surface area (Å²) in [6, 6.07) is 5.02. The lowest BCUT2D eigenvalue weighted by Crippen LogP contribution is -2.33. The van der Waals surface area contributed by atoms with Crippen molar-refractivity contribution in [3.05, 3.63) is 30.5 Å². The molecule has 0 spiro atoms. The van der Waals surface area contributed by atoms with Gasteiger partial charge in [-0.1, -0.05) is 12.8 Å². The van der Waals surface area contributed by atoms with Gasteiger partial charge in [-0.05, 0) is 50.7 Å². The number of hydrogen-bond acceptors (Lipinski definition) is 7. The molecule has 2 aliphatic rings. The Balaban J connectivity index is 0.00000136. The summed E-state index contributed by atoms with van der Waals surface area (Å²) < 4.78 is 7.70. The summed E-state index contributed by atoms with van der Waals surface area (Å²) in [5, 5.41) is 6.95. The molecule has 5 rings (SSSR count). The molecule has 2 saturated carbocycles. The Kier molecular flexibility index (Phi) is 8.02. The molecule has 0 amide bonds. The maximum absolute atomic E-state index is 6.06. The molecule has 0 bridgehead atoms. The molecule has 0 saturated heterocycles. The maximum atomic E-state index is 6.06. The van der Waals surface area contributed by atoms with E-state index < -0.39 is 0 Å². The molecule has 0 aliphatic heterocycles. The van der Waals surface area contributed by atoms with E-state index in [4.69, 9.17) is 20.1 Å². The maximum Gasteiger partial charge on any atom is 0.227 e. The zero-order chi connectivity index (χ0) is 19.6. The molecular weight excluding hydrogens is 437 g/mol. The van der Waals surface area contributed by atoms with Crippen molar-refractivity contribution in [1.29, 1.82) is 0 Å². The largest absolute Gasteiger partial charge is 0.467 e. The van der Waals surface area contributed by atoms with Gasteiger partial charge in [0.1, 0.15) is 5.76 Å². The van der Waals surface area contributed by atoms with E-state index >= 15 is 0 Å². The molecule has 31 heavy (non-hydrogen) atoms. The lowest BCUT2D eigenvalue weighted by Gasteiger charge is -2.27. The van der Waals surface area contributed by atoms with E-state index in [0.29, 0.717) is 30.6 Å². The van der Waals surface area contributed by atoms with Crippen molar-refractivity contribution in [3.63, 3.8) is 0 Å². The minimum Gasteiger partial charge on any atom is -0.467 e. The molecule has 170 valence electrons. The third kappa shape index (κ3) is 5.25. The SMILES string of the molecule is Cl.Cl.NC1CCC(Nc2nc(NCc3ccco3)c3ncn(C4CCCC4)c3n2)CC1. The van der Waals surface area contributed by atoms with Gasteiger partial charge in [-0.15, -0.1) is 24.8 Å². The molecule has 0 radical (unpaired) electrons. The van der Waals surface area contributed by atoms with Gasteiger partial charge in [-0.25, -0.2) is 4.98 Å². The van der Waals surface area contributed by atoms with Crippen LogP contribution in [-0.4, -0.2) is 31.6 Å². The Morgan fingerprint density at radius 3 is 2.55 bits per heavy atom. The molecule has 3 aromatic rings. The quantitative estimate of drug-likeness (QED) is 0.483. The highest BCUT2D eigenvalue weighted by Gasteiger charge is 2.23. The summed E-state index contributed by atoms with van der Waals surface area (Å²) >= 11 is 0. The minimum atomic E-state index is 0. The van der Waals surface area contributed by atoms with Crippen LogP contribution in [0.5, 0.6) is 0 Å². The summed E-state index contributed by atoms with van der Waals surface area (Å²) in [4.78, 5) is 14.3. The third-order valence-corrected chi connectivity index (χ3v) is 6.25. The van der Waals surface area contributed by atoms with Gasteiger partial charge in [-0.3, -0.25) is 0 Å². The fourth-order valence-electron chi connectivity index (χ4n) is 4.58. The molecule has 2 aliphatic carbocycles. The van der Waals surface area contributed by atoms with Crippen LogP contribution >= 0.6 is 24.8 Å². The van der Waals surface area contributed by atoms with Gasteiger partial charge < -0.3 is 25.4 Å². The number of aromatic nitrogens is 4. The van der Waals surface area contributed by atoms with Gasteiger partial charge in [0.2, 0.25) is 5.95 Å². The second-order valence-corrected chi connectivity index (χ2v) is 8.35. The number of rotatable bonds is 6. The van der Waals surface area contributed by atoms with E-state index in [0.717, 1.165) is 48.4 Å². The fraction of sp³-hybridized carbons (Fsp3) is 0.571. The molecule has 2 fully saturated rings. The van der Waals surface area contributed by atoms with E-state index in [-0.39, 0.29) is 24.8 Å². The highest BCUT2D eigenvalue weighted by atomic mass is 35.5. The van der Waals surface area contributed by atoms with Crippen molar-refractivity contribution >= 4 is 47.7 Å². The number of imidazole rings is 1. The van der Waals surface area contributed by atoms with Gasteiger partial charge in [0.15, 0.2) is 17.0 Å². The van der Waals surface area contributed by atoms with E-state index in [1.165, 1.54) is 25.7 Å². The van der Waals surface area contributed by atoms with Gasteiger partial charge >= 0.3 is 0 Å². The van der Waals surface area contributed by atoms with Crippen molar-refractivity contribution in [3.8, 4) is 0 Å². The van der Waals surface area contributed by atoms with Crippen molar-refractivity contribution in [2.24, 2.45) is 5.73 Å². The van der Waals surface area contributed by atoms with Crippen LogP contribution in [-0.2, 0) is 6.54 Å². The van der Waals surface area contributed by atoms with Gasteiger partial charge in [0.05, 0.1) is 19.1 Å². The van der Waals surface area contributed by atoms with Crippen LogP contribution in [0.2, 0.25) is 0 Å². The Morgan fingerprint density at radius 2 is 1.84 bits per heavy atom. The fourth-order valence-corrected chi connectivity index (χ4v) is 4.58. The summed E-state index contributed by atoms with van der Waals surface area (Å²) in [5.41, 5.74) is 7.79. The number of anilines is 2. The molecular formula is C21H31Cl2N7O. The van der Waals surface area contributed by atoms with E-state index in [1.54, 1.807) is 6.26 Å². The number of nitrogens with zero attached hydrogens (tertiary/aromatic N) is 4. The Bertz CT molecular complexity index is 948. The standard InChI is InChI=1S/C21H29N7O.2ClH/c22-14-7-9-15(10-8-14)25-21-26-19(23-12-17-6-3-11-29-17)18-20(27-21)28(13-24-18)16-4-1-2-5-16;;/h3,6,11,13-16H,1-2,4-5,7-10,12,22H2,(H2,23,25,26,27);2*1H. The van der Waals surface area contributed by atoms with Gasteiger partial charge in [0, 0.05) is 18.1 Å². The monoisotopic (exact) mass is 467 g/mol. The predicted molar refractivity (Wildman–Crippen MR) is 127 cm³/mol. The average molecular weight is 468 g/mol. The Morgan fingerprint density at radius 1 is 1.06 bits per heavy atom. The number of nitrogens with two attached hydrogens (primary N) is 1. The molecule has 0 aromatic carbocycles. The van der Waals surface area contributed by atoms with Crippen molar-refractivity contribution in [2.45, 2.75) is 76.0 Å². The van der Waals surface area contributed by atoms with Crippen molar-refractivity contribution < 1.29 is 4.42 Å². The van der Waals surface area contributed by atoms with Crippen LogP contribution < -0.4 is 16.4 Å². The van der Waals surface area contributed by atoms with E-state index in [1.807, 2.05) is 18.5 Å². The van der Waals surface area contributed by atoms with Crippen molar-refractivity contribution in [2.75, 3.05) is 10.6 Å². The smallest absolute Gasteiger partial charge is 0.227 e. The molecule has 10 heteroatoms. The topological polar surface area (TPSA) is 107 Å². The van der Waals surface area contributed by atoms with E-state index in [9.17, 15) is 0 Å². The lowest BCUT2D eigenvalue weighted by molar-refractivity contribution is 0.410. The van der Waals surface area contributed by atoms with Crippen molar-refractivity contribution in [1.82, 2.24) is 19.5 Å². The lowest BCUT2D eigenvalue weighted by atomic mass is 9.92. The molecule has 8 nitrogen and oxygen atoms in total. The molecule has 3 heterocycles. The summed E-state index contributed by atoms with van der Waals surface area (Å²) in [6.07, 6.45) is 12.7. The molecule has 0 unspecified atom stereocenters. The molecule has 0 atom stereocenters. The number of halogens is 2. The molecule has 4 N–H and O–H groups in total. The number of fused-ring (bicyclic) bond motifs is 1. The summed E-state index contributed by atoms with van der Waals surface area (Å²) in [7, 11) is 0. The normalized spacial score (nSPS) is 21.5. The third-order valence-electron chi connectivity index (χ3n) is 6.25. The number of nitrogens with one attached hydrogen (secondary N) is 2. The first-order valence-corrected chi connectivity index (χ1v) is 10.8. The average Bonchev–Trinajstić information content (AvgIpc) is 3.49. The van der Waals surface area contributed by atoms with Crippen LogP contribution in [0.3, 0.4) is 0 Å². The highest BCUT2D eigenvalue weighted by molar-refractivity contribution is 5.86. The first-order chi connectivity index (χ1) is 14.3.